The number of aryl methyl sites for hydroxylation is 2. The summed E-state index contributed by atoms with van der Waals surface area (Å²) in [6, 6.07) is 11.8. The molecule has 1 amide bonds. The van der Waals surface area contributed by atoms with E-state index in [0.717, 1.165) is 47.2 Å². The molecule has 4 rings (SSSR count). The van der Waals surface area contributed by atoms with E-state index < -0.39 is 5.60 Å². The van der Waals surface area contributed by atoms with Gasteiger partial charge in [0.05, 0.1) is 41.2 Å². The van der Waals surface area contributed by atoms with Crippen molar-refractivity contribution >= 4 is 16.8 Å². The average molecular weight is 393 g/mol. The zero-order valence-electron chi connectivity index (χ0n) is 17.3. The third-order valence-corrected chi connectivity index (χ3v) is 5.55. The first kappa shape index (κ1) is 19.6. The van der Waals surface area contributed by atoms with Crippen LogP contribution in [0.5, 0.6) is 0 Å². The molecule has 29 heavy (non-hydrogen) atoms. The lowest BCUT2D eigenvalue weighted by atomic mass is 9.91. The zero-order chi connectivity index (χ0) is 20.4. The summed E-state index contributed by atoms with van der Waals surface area (Å²) in [7, 11) is 0. The molecule has 0 saturated heterocycles. The molecular formula is C23H28N4O2. The summed E-state index contributed by atoms with van der Waals surface area (Å²) < 4.78 is 8.25. The van der Waals surface area contributed by atoms with Crippen LogP contribution in [0.15, 0.2) is 42.6 Å². The normalized spacial score (nSPS) is 20.0. The summed E-state index contributed by atoms with van der Waals surface area (Å²) in [4.78, 5) is 17.8. The Morgan fingerprint density at radius 1 is 1.28 bits per heavy atom. The van der Waals surface area contributed by atoms with E-state index in [9.17, 15) is 4.79 Å². The molecule has 2 bridgehead atoms. The number of hydrogen-bond donors (Lipinski definition) is 1. The molecule has 1 atom stereocenters. The van der Waals surface area contributed by atoms with Crippen LogP contribution in [0, 0.1) is 0 Å². The van der Waals surface area contributed by atoms with E-state index in [1.807, 2.05) is 61.1 Å². The van der Waals surface area contributed by atoms with Crippen molar-refractivity contribution in [1.82, 2.24) is 20.1 Å². The smallest absolute Gasteiger partial charge is 0.226 e. The Bertz CT molecular complexity index is 1010. The number of ether oxygens (including phenoxy) is 1. The summed E-state index contributed by atoms with van der Waals surface area (Å²) in [6.07, 6.45) is 3.76. The van der Waals surface area contributed by atoms with Gasteiger partial charge >= 0.3 is 0 Å². The Hall–Kier alpha value is -2.73. The Morgan fingerprint density at radius 3 is 2.83 bits per heavy atom. The molecule has 3 heterocycles. The van der Waals surface area contributed by atoms with Crippen molar-refractivity contribution in [2.45, 2.75) is 58.2 Å². The number of amides is 1. The van der Waals surface area contributed by atoms with Crippen LogP contribution in [0.1, 0.15) is 50.2 Å². The number of nitrogens with zero attached hydrogens (tertiary/aromatic N) is 3. The predicted molar refractivity (Wildman–Crippen MR) is 113 cm³/mol. The minimum absolute atomic E-state index is 0.0585. The predicted octanol–water partition coefficient (Wildman–Crippen LogP) is 3.59. The lowest BCUT2D eigenvalue weighted by Crippen LogP contribution is -2.45. The van der Waals surface area contributed by atoms with Crippen LogP contribution in [0.4, 0.5) is 0 Å². The van der Waals surface area contributed by atoms with Gasteiger partial charge in [0.25, 0.3) is 0 Å². The van der Waals surface area contributed by atoms with Gasteiger partial charge in [-0.3, -0.25) is 14.5 Å². The first-order valence-corrected chi connectivity index (χ1v) is 10.3. The number of nitrogens with one attached hydrogen (secondary N) is 1. The van der Waals surface area contributed by atoms with Crippen LogP contribution in [-0.2, 0) is 28.9 Å². The quantitative estimate of drug-likeness (QED) is 0.724. The first-order chi connectivity index (χ1) is 14.0. The molecule has 0 saturated carbocycles. The van der Waals surface area contributed by atoms with E-state index in [1.54, 1.807) is 0 Å². The third-order valence-electron chi connectivity index (χ3n) is 5.55. The second-order valence-corrected chi connectivity index (χ2v) is 8.10. The lowest BCUT2D eigenvalue weighted by Gasteiger charge is -2.35. The fraction of sp³-hybridized carbons (Fsp3) is 0.435. The van der Waals surface area contributed by atoms with E-state index in [-0.39, 0.29) is 18.4 Å². The van der Waals surface area contributed by atoms with Gasteiger partial charge in [0.1, 0.15) is 0 Å². The molecule has 0 radical (unpaired) electrons. The van der Waals surface area contributed by atoms with Gasteiger partial charge in [-0.2, -0.15) is 5.10 Å². The van der Waals surface area contributed by atoms with Crippen molar-refractivity contribution in [3.63, 3.8) is 0 Å². The largest absolute Gasteiger partial charge is 0.373 e. The van der Waals surface area contributed by atoms with Crippen molar-refractivity contribution in [3.8, 4) is 0 Å². The van der Waals surface area contributed by atoms with Gasteiger partial charge in [-0.15, -0.1) is 0 Å². The van der Waals surface area contributed by atoms with Gasteiger partial charge in [-0.1, -0.05) is 30.3 Å². The van der Waals surface area contributed by atoms with E-state index >= 15 is 0 Å². The number of aromatic nitrogens is 3. The van der Waals surface area contributed by atoms with Crippen LogP contribution in [0.25, 0.3) is 10.9 Å². The summed E-state index contributed by atoms with van der Waals surface area (Å²) in [5.74, 6) is -0.0585. The molecule has 2 aromatic heterocycles. The maximum Gasteiger partial charge on any atom is 0.226 e. The highest BCUT2D eigenvalue weighted by Crippen LogP contribution is 2.30. The molecule has 6 heteroatoms. The van der Waals surface area contributed by atoms with Crippen molar-refractivity contribution in [3.05, 3.63) is 59.5 Å². The van der Waals surface area contributed by atoms with Crippen molar-refractivity contribution in [2.24, 2.45) is 0 Å². The van der Waals surface area contributed by atoms with Gasteiger partial charge in [0.15, 0.2) is 0 Å². The maximum atomic E-state index is 12.9. The van der Waals surface area contributed by atoms with Crippen LogP contribution in [0.2, 0.25) is 0 Å². The van der Waals surface area contributed by atoms with E-state index in [1.165, 1.54) is 0 Å². The molecule has 0 aliphatic carbocycles. The Labute approximate surface area is 171 Å². The number of rotatable bonds is 2. The fourth-order valence-electron chi connectivity index (χ4n) is 4.10. The van der Waals surface area contributed by atoms with Crippen LogP contribution in [-0.4, -0.2) is 32.9 Å². The number of fused-ring (bicyclic) bond motifs is 4. The highest BCUT2D eigenvalue weighted by atomic mass is 16.5. The number of benzene rings is 1. The summed E-state index contributed by atoms with van der Waals surface area (Å²) in [6.45, 7) is 7.54. The van der Waals surface area contributed by atoms with E-state index in [2.05, 4.69) is 17.3 Å². The number of carbonyl (C=O) groups is 1. The van der Waals surface area contributed by atoms with Gasteiger partial charge in [-0.05, 0) is 45.2 Å². The lowest BCUT2D eigenvalue weighted by molar-refractivity contribution is -0.124. The summed E-state index contributed by atoms with van der Waals surface area (Å²) in [5, 5.41) is 8.70. The first-order valence-electron chi connectivity index (χ1n) is 10.3. The molecule has 6 nitrogen and oxygen atoms in total. The monoisotopic (exact) mass is 392 g/mol. The number of pyridine rings is 1. The molecule has 0 spiro atoms. The standard InChI is InChI=1S/C23H28N4O2/c1-4-27-21-17(15-24-27)13-18-14-20(28)26-22(16-9-6-5-7-10-16)23(2,3)29-12-8-11-19(21)25-18/h5-7,9-10,13,15,22H,4,8,11-12,14H2,1-3H3,(H,26,28)/t22-/m0/s1. The van der Waals surface area contributed by atoms with Crippen molar-refractivity contribution in [2.75, 3.05) is 6.61 Å². The molecule has 1 aliphatic rings. The van der Waals surface area contributed by atoms with Crippen LogP contribution < -0.4 is 5.32 Å². The SMILES string of the molecule is CCn1ncc2cc3nc(c21)CCCOC(C)(C)[C@H](c1ccccc1)NC(=O)C3. The van der Waals surface area contributed by atoms with Crippen molar-refractivity contribution < 1.29 is 9.53 Å². The third kappa shape index (κ3) is 4.03. The Morgan fingerprint density at radius 2 is 2.07 bits per heavy atom. The second kappa shape index (κ2) is 7.95. The molecule has 152 valence electrons. The Kier molecular flexibility index (Phi) is 5.37. The van der Waals surface area contributed by atoms with Crippen LogP contribution >= 0.6 is 0 Å². The van der Waals surface area contributed by atoms with Gasteiger partial charge < -0.3 is 10.1 Å². The molecule has 0 fully saturated rings. The number of carbonyl (C=O) groups excluding carboxylic acids is 1. The molecule has 0 unspecified atom stereocenters. The second-order valence-electron chi connectivity index (χ2n) is 8.10. The van der Waals surface area contributed by atoms with Gasteiger partial charge in [0, 0.05) is 18.5 Å². The zero-order valence-corrected chi connectivity index (χ0v) is 17.3. The highest BCUT2D eigenvalue weighted by Gasteiger charge is 2.33. The molecule has 1 N–H and O–H groups in total. The minimum atomic E-state index is -0.530. The van der Waals surface area contributed by atoms with E-state index in [4.69, 9.17) is 9.72 Å². The van der Waals surface area contributed by atoms with Gasteiger partial charge in [0.2, 0.25) is 5.91 Å². The molecular weight excluding hydrogens is 364 g/mol. The molecule has 1 aliphatic heterocycles. The minimum Gasteiger partial charge on any atom is -0.373 e. The number of hydrogen-bond acceptors (Lipinski definition) is 4. The average Bonchev–Trinajstić information content (AvgIpc) is 3.12. The summed E-state index contributed by atoms with van der Waals surface area (Å²) >= 11 is 0. The highest BCUT2D eigenvalue weighted by molar-refractivity contribution is 5.84. The van der Waals surface area contributed by atoms with Crippen molar-refractivity contribution in [1.29, 1.82) is 0 Å². The molecule has 1 aromatic carbocycles. The molecule has 3 aromatic rings. The summed E-state index contributed by atoms with van der Waals surface area (Å²) in [5.41, 5.74) is 3.35. The van der Waals surface area contributed by atoms with E-state index in [0.29, 0.717) is 6.61 Å². The van der Waals surface area contributed by atoms with Crippen LogP contribution in [0.3, 0.4) is 0 Å². The maximum absolute atomic E-state index is 12.9. The fourth-order valence-corrected chi connectivity index (χ4v) is 4.10. The topological polar surface area (TPSA) is 69.0 Å². The Balaban J connectivity index is 1.71. The van der Waals surface area contributed by atoms with Gasteiger partial charge in [-0.25, -0.2) is 0 Å².